The van der Waals surface area contributed by atoms with Crippen LogP contribution in [0.15, 0.2) is 39.9 Å². The van der Waals surface area contributed by atoms with Crippen molar-refractivity contribution in [3.8, 4) is 0 Å². The molecule has 2 aromatic rings. The van der Waals surface area contributed by atoms with E-state index in [-0.39, 0.29) is 18.3 Å². The van der Waals surface area contributed by atoms with E-state index >= 15 is 0 Å². The van der Waals surface area contributed by atoms with E-state index in [1.54, 1.807) is 18.7 Å². The zero-order valence-corrected chi connectivity index (χ0v) is 19.1. The zero-order valence-electron chi connectivity index (χ0n) is 19.1. The van der Waals surface area contributed by atoms with E-state index in [0.29, 0.717) is 43.4 Å². The molecule has 0 spiro atoms. The largest absolute Gasteiger partial charge is 0.457 e. The Kier molecular flexibility index (Phi) is 6.26. The van der Waals surface area contributed by atoms with Crippen molar-refractivity contribution in [3.05, 3.63) is 52.5 Å². The third-order valence-corrected chi connectivity index (χ3v) is 6.45. The summed E-state index contributed by atoms with van der Waals surface area (Å²) in [5.41, 5.74) is 4.73. The van der Waals surface area contributed by atoms with E-state index in [2.05, 4.69) is 37.1 Å². The highest BCUT2D eigenvalue weighted by molar-refractivity contribution is 5.93. The predicted molar refractivity (Wildman–Crippen MR) is 123 cm³/mol. The lowest BCUT2D eigenvalue weighted by Crippen LogP contribution is -2.49. The van der Waals surface area contributed by atoms with E-state index in [9.17, 15) is 9.59 Å². The summed E-state index contributed by atoms with van der Waals surface area (Å²) in [4.78, 5) is 41.4. The molecular weight excluding hydrogens is 436 g/mol. The van der Waals surface area contributed by atoms with Crippen LogP contribution in [0.3, 0.4) is 0 Å². The van der Waals surface area contributed by atoms with E-state index in [1.165, 1.54) is 10.6 Å². The minimum absolute atomic E-state index is 0.0556. The molecule has 3 aliphatic heterocycles. The van der Waals surface area contributed by atoms with Crippen molar-refractivity contribution in [2.45, 2.75) is 26.4 Å². The van der Waals surface area contributed by atoms with Crippen LogP contribution in [0.25, 0.3) is 0 Å². The number of ether oxygens (including phenoxy) is 1. The number of aliphatic imine (C=N–C) groups is 1. The number of hydrogen-bond donors (Lipinski definition) is 0. The second-order valence-corrected chi connectivity index (χ2v) is 8.48. The molecule has 1 amide bonds. The molecule has 0 unspecified atom stereocenters. The second-order valence-electron chi connectivity index (χ2n) is 8.48. The number of esters is 1. The molecule has 0 aliphatic carbocycles. The molecule has 4 heterocycles. The number of piperazine rings is 1. The molecule has 3 aliphatic rings. The van der Waals surface area contributed by atoms with Crippen LogP contribution >= 0.6 is 0 Å². The van der Waals surface area contributed by atoms with E-state index < -0.39 is 0 Å². The van der Waals surface area contributed by atoms with Crippen molar-refractivity contribution in [3.63, 3.8) is 0 Å². The number of cyclic esters (lactones) is 1. The van der Waals surface area contributed by atoms with Gasteiger partial charge in [-0.05, 0) is 30.5 Å². The molecule has 11 heteroatoms. The Labute approximate surface area is 197 Å². The standard InChI is InChI=1S/C23H26N8O3/c1-16-17(2-3-19-20(16)13-34-23(19)33)4-5-29-6-8-30(9-7-29)22(32)10-18-11-26-21(12-25-18)31-15-24-14-27-28-31/h2-3,11-12,15H,4-10,13-14H2,1H3. The number of rotatable bonds is 6. The molecule has 0 saturated carbocycles. The first-order valence-corrected chi connectivity index (χ1v) is 11.3. The van der Waals surface area contributed by atoms with Crippen molar-refractivity contribution >= 4 is 24.0 Å². The van der Waals surface area contributed by atoms with Gasteiger partial charge in [0.15, 0.2) is 12.5 Å². The van der Waals surface area contributed by atoms with Gasteiger partial charge >= 0.3 is 5.97 Å². The van der Waals surface area contributed by atoms with Crippen LogP contribution in [0.4, 0.5) is 5.82 Å². The molecule has 0 bridgehead atoms. The summed E-state index contributed by atoms with van der Waals surface area (Å²) in [6, 6.07) is 3.91. The smallest absolute Gasteiger partial charge is 0.338 e. The number of amides is 1. The molecule has 0 atom stereocenters. The lowest BCUT2D eigenvalue weighted by atomic mass is 9.96. The Bertz CT molecular complexity index is 1130. The van der Waals surface area contributed by atoms with Gasteiger partial charge in [0.2, 0.25) is 5.91 Å². The first-order valence-electron chi connectivity index (χ1n) is 11.3. The Balaban J connectivity index is 1.09. The minimum atomic E-state index is -0.227. The number of carbonyl (C=O) groups is 2. The highest BCUT2D eigenvalue weighted by atomic mass is 16.5. The second kappa shape index (κ2) is 9.64. The van der Waals surface area contributed by atoms with E-state index in [0.717, 1.165) is 37.2 Å². The van der Waals surface area contributed by atoms with Gasteiger partial charge in [0.25, 0.3) is 0 Å². The number of aromatic nitrogens is 2. The van der Waals surface area contributed by atoms with Gasteiger partial charge < -0.3 is 9.64 Å². The summed E-state index contributed by atoms with van der Waals surface area (Å²) in [6.45, 7) is 6.73. The maximum absolute atomic E-state index is 12.8. The molecule has 0 N–H and O–H groups in total. The lowest BCUT2D eigenvalue weighted by Gasteiger charge is -2.35. The summed E-state index contributed by atoms with van der Waals surface area (Å²) in [5.74, 6) is 0.338. The fourth-order valence-electron chi connectivity index (χ4n) is 4.37. The fourth-order valence-corrected chi connectivity index (χ4v) is 4.37. The summed E-state index contributed by atoms with van der Waals surface area (Å²) >= 11 is 0. The Morgan fingerprint density at radius 2 is 1.97 bits per heavy atom. The van der Waals surface area contributed by atoms with Crippen LogP contribution in [0, 0.1) is 6.92 Å². The molecule has 1 saturated heterocycles. The van der Waals surface area contributed by atoms with Gasteiger partial charge in [0, 0.05) is 38.3 Å². The molecule has 1 fully saturated rings. The normalized spacial score (nSPS) is 17.7. The molecular formula is C23H26N8O3. The number of anilines is 1. The highest BCUT2D eigenvalue weighted by Crippen LogP contribution is 2.26. The van der Waals surface area contributed by atoms with Gasteiger partial charge in [-0.25, -0.2) is 14.8 Å². The van der Waals surface area contributed by atoms with Crippen molar-refractivity contribution in [1.82, 2.24) is 19.8 Å². The summed E-state index contributed by atoms with van der Waals surface area (Å²) in [7, 11) is 0. The number of benzene rings is 1. The summed E-state index contributed by atoms with van der Waals surface area (Å²) in [5, 5.41) is 9.21. The van der Waals surface area contributed by atoms with Gasteiger partial charge in [-0.2, -0.15) is 5.01 Å². The van der Waals surface area contributed by atoms with Crippen LogP contribution in [-0.4, -0.2) is 77.4 Å². The van der Waals surface area contributed by atoms with Crippen LogP contribution in [0.5, 0.6) is 0 Å². The van der Waals surface area contributed by atoms with Crippen LogP contribution < -0.4 is 5.01 Å². The topological polar surface area (TPSA) is 116 Å². The van der Waals surface area contributed by atoms with Crippen LogP contribution in [-0.2, 0) is 29.0 Å². The fraction of sp³-hybridized carbons (Fsp3) is 0.435. The SMILES string of the molecule is Cc1c(CCN2CCN(C(=O)Cc3cnc(N4C=NCN=N4)cn3)CC2)ccc2c1COC2=O. The van der Waals surface area contributed by atoms with Crippen LogP contribution in [0.2, 0.25) is 0 Å². The average molecular weight is 463 g/mol. The summed E-state index contributed by atoms with van der Waals surface area (Å²) in [6.07, 6.45) is 5.84. The van der Waals surface area contributed by atoms with Gasteiger partial charge in [0.05, 0.1) is 30.1 Å². The predicted octanol–water partition coefficient (Wildman–Crippen LogP) is 1.56. The highest BCUT2D eigenvalue weighted by Gasteiger charge is 2.25. The zero-order chi connectivity index (χ0) is 23.5. The van der Waals surface area contributed by atoms with Gasteiger partial charge in [0.1, 0.15) is 12.9 Å². The Hall–Kier alpha value is -3.73. The van der Waals surface area contributed by atoms with E-state index in [1.807, 2.05) is 17.0 Å². The number of carbonyl (C=O) groups excluding carboxylic acids is 2. The molecule has 0 radical (unpaired) electrons. The molecule has 11 nitrogen and oxygen atoms in total. The maximum Gasteiger partial charge on any atom is 0.338 e. The van der Waals surface area contributed by atoms with Crippen molar-refractivity contribution in [1.29, 1.82) is 0 Å². The van der Waals surface area contributed by atoms with Gasteiger partial charge in [-0.1, -0.05) is 11.3 Å². The molecule has 34 heavy (non-hydrogen) atoms. The quantitative estimate of drug-likeness (QED) is 0.598. The Morgan fingerprint density at radius 3 is 2.71 bits per heavy atom. The monoisotopic (exact) mass is 462 g/mol. The number of fused-ring (bicyclic) bond motifs is 1. The number of nitrogens with zero attached hydrogens (tertiary/aromatic N) is 8. The first-order chi connectivity index (χ1) is 16.6. The molecule has 1 aromatic carbocycles. The third kappa shape index (κ3) is 4.65. The third-order valence-electron chi connectivity index (χ3n) is 6.45. The average Bonchev–Trinajstić information content (AvgIpc) is 3.26. The molecule has 1 aromatic heterocycles. The first kappa shape index (κ1) is 22.1. The molecule has 176 valence electrons. The Morgan fingerprint density at radius 1 is 1.12 bits per heavy atom. The summed E-state index contributed by atoms with van der Waals surface area (Å²) < 4.78 is 5.15. The van der Waals surface area contributed by atoms with Crippen LogP contribution in [0.1, 0.15) is 32.7 Å². The van der Waals surface area contributed by atoms with Crippen molar-refractivity contribution < 1.29 is 14.3 Å². The van der Waals surface area contributed by atoms with Gasteiger partial charge in [-0.3, -0.25) is 14.7 Å². The van der Waals surface area contributed by atoms with Crippen molar-refractivity contribution in [2.75, 3.05) is 44.4 Å². The lowest BCUT2D eigenvalue weighted by molar-refractivity contribution is -0.132. The number of hydrogen-bond acceptors (Lipinski definition) is 10. The maximum atomic E-state index is 12.8. The van der Waals surface area contributed by atoms with E-state index in [4.69, 9.17) is 4.74 Å². The van der Waals surface area contributed by atoms with Gasteiger partial charge in [-0.15, -0.1) is 5.11 Å². The van der Waals surface area contributed by atoms with Crippen molar-refractivity contribution in [2.24, 2.45) is 15.3 Å². The minimum Gasteiger partial charge on any atom is -0.457 e. The molecule has 5 rings (SSSR count).